The zero-order valence-electron chi connectivity index (χ0n) is 14.8. The van der Waals surface area contributed by atoms with Gasteiger partial charge in [0, 0.05) is 6.07 Å². The van der Waals surface area contributed by atoms with Gasteiger partial charge < -0.3 is 5.32 Å². The van der Waals surface area contributed by atoms with Crippen molar-refractivity contribution in [3.63, 3.8) is 0 Å². The predicted molar refractivity (Wildman–Crippen MR) is 94.9 cm³/mol. The van der Waals surface area contributed by atoms with Gasteiger partial charge >= 0.3 is 0 Å². The summed E-state index contributed by atoms with van der Waals surface area (Å²) in [5.41, 5.74) is 0.772. The minimum Gasteiger partial charge on any atom is -0.310 e. The maximum absolute atomic E-state index is 12.4. The average molecular weight is 356 g/mol. The number of aryl methyl sites for hydroxylation is 1. The quantitative estimate of drug-likeness (QED) is 0.765. The van der Waals surface area contributed by atoms with Gasteiger partial charge in [0.25, 0.3) is 0 Å². The van der Waals surface area contributed by atoms with Crippen LogP contribution in [0.2, 0.25) is 0 Å². The fourth-order valence-corrected chi connectivity index (χ4v) is 4.84. The summed E-state index contributed by atoms with van der Waals surface area (Å²) in [7, 11) is -3.00. The van der Waals surface area contributed by atoms with Crippen molar-refractivity contribution in [2.75, 3.05) is 36.5 Å². The number of amides is 1. The van der Waals surface area contributed by atoms with Crippen LogP contribution in [-0.4, -0.2) is 60.1 Å². The van der Waals surface area contributed by atoms with Gasteiger partial charge in [-0.3, -0.25) is 9.69 Å². The molecule has 8 heteroatoms. The van der Waals surface area contributed by atoms with Crippen LogP contribution in [0.4, 0.5) is 5.82 Å². The molecule has 1 aromatic rings. The lowest BCUT2D eigenvalue weighted by molar-refractivity contribution is -0.117. The number of anilines is 1. The molecule has 0 bridgehead atoms. The third-order valence-electron chi connectivity index (χ3n) is 4.13. The Kier molecular flexibility index (Phi) is 6.40. The minimum absolute atomic E-state index is 0.0843. The number of carbonyl (C=O) groups excluding carboxylic acids is 1. The number of carbonyl (C=O) groups is 1. The van der Waals surface area contributed by atoms with Crippen molar-refractivity contribution in [2.45, 2.75) is 46.1 Å². The fourth-order valence-electron chi connectivity index (χ4n) is 3.14. The number of sulfone groups is 1. The fraction of sp³-hybridized carbons (Fsp3) is 0.750. The van der Waals surface area contributed by atoms with Crippen LogP contribution < -0.4 is 5.32 Å². The van der Waals surface area contributed by atoms with Gasteiger partial charge in [0.15, 0.2) is 9.84 Å². The van der Waals surface area contributed by atoms with E-state index in [-0.39, 0.29) is 23.5 Å². The average Bonchev–Trinajstić information content (AvgIpc) is 3.01. The summed E-state index contributed by atoms with van der Waals surface area (Å²) in [5, 5.41) is 7.29. The maximum Gasteiger partial charge on any atom is 0.239 e. The smallest absolute Gasteiger partial charge is 0.239 e. The highest BCUT2D eigenvalue weighted by Crippen LogP contribution is 2.27. The molecule has 1 atom stereocenters. The number of nitrogens with one attached hydrogen (secondary N) is 1. The maximum atomic E-state index is 12.4. The molecule has 1 aliphatic rings. The summed E-state index contributed by atoms with van der Waals surface area (Å²) in [6, 6.07) is 1.61. The number of hydrogen-bond acceptors (Lipinski definition) is 5. The molecular weight excluding hydrogens is 328 g/mol. The van der Waals surface area contributed by atoms with E-state index in [2.05, 4.69) is 29.2 Å². The van der Waals surface area contributed by atoms with Crippen LogP contribution in [0.15, 0.2) is 6.07 Å². The van der Waals surface area contributed by atoms with Crippen LogP contribution in [0.25, 0.3) is 0 Å². The molecule has 0 aliphatic carbocycles. The molecule has 24 heavy (non-hydrogen) atoms. The van der Waals surface area contributed by atoms with E-state index in [1.54, 1.807) is 10.7 Å². The Balaban J connectivity index is 2.05. The molecule has 1 unspecified atom stereocenters. The Hall–Kier alpha value is -1.41. The zero-order chi connectivity index (χ0) is 17.7. The number of aromatic nitrogens is 2. The first-order valence-corrected chi connectivity index (χ1v) is 10.5. The van der Waals surface area contributed by atoms with E-state index in [0.717, 1.165) is 31.6 Å². The van der Waals surface area contributed by atoms with Crippen LogP contribution in [-0.2, 0) is 14.6 Å². The molecule has 2 heterocycles. The first kappa shape index (κ1) is 18.9. The SMILES string of the molecule is CCCN(CCC)CC(=O)Nc1cc(C)nn1C1CCS(=O)(=O)C1. The van der Waals surface area contributed by atoms with E-state index in [1.165, 1.54) is 0 Å². The Morgan fingerprint density at radius 2 is 2.04 bits per heavy atom. The summed E-state index contributed by atoms with van der Waals surface area (Å²) < 4.78 is 25.1. The van der Waals surface area contributed by atoms with Crippen molar-refractivity contribution in [3.8, 4) is 0 Å². The zero-order valence-corrected chi connectivity index (χ0v) is 15.6. The predicted octanol–water partition coefficient (Wildman–Crippen LogP) is 1.61. The highest BCUT2D eigenvalue weighted by molar-refractivity contribution is 7.91. The molecule has 7 nitrogen and oxygen atoms in total. The van der Waals surface area contributed by atoms with Gasteiger partial charge in [-0.25, -0.2) is 13.1 Å². The lowest BCUT2D eigenvalue weighted by Crippen LogP contribution is -2.35. The molecule has 1 aromatic heterocycles. The Labute approximate surface area is 144 Å². The van der Waals surface area contributed by atoms with E-state index in [4.69, 9.17) is 0 Å². The normalized spacial score (nSPS) is 19.8. The lowest BCUT2D eigenvalue weighted by atomic mass is 10.3. The molecule has 1 fully saturated rings. The van der Waals surface area contributed by atoms with Crippen LogP contribution in [0.3, 0.4) is 0 Å². The number of nitrogens with zero attached hydrogens (tertiary/aromatic N) is 3. The van der Waals surface area contributed by atoms with Crippen LogP contribution >= 0.6 is 0 Å². The summed E-state index contributed by atoms with van der Waals surface area (Å²) in [6.07, 6.45) is 2.55. The van der Waals surface area contributed by atoms with Crippen molar-refractivity contribution in [3.05, 3.63) is 11.8 Å². The first-order chi connectivity index (χ1) is 11.3. The second-order valence-electron chi connectivity index (χ2n) is 6.50. The summed E-state index contributed by atoms with van der Waals surface area (Å²) >= 11 is 0. The second-order valence-corrected chi connectivity index (χ2v) is 8.73. The number of hydrogen-bond donors (Lipinski definition) is 1. The third kappa shape index (κ3) is 5.04. The van der Waals surface area contributed by atoms with Crippen molar-refractivity contribution in [1.29, 1.82) is 0 Å². The summed E-state index contributed by atoms with van der Waals surface area (Å²) in [6.45, 7) is 8.16. The first-order valence-electron chi connectivity index (χ1n) is 8.63. The lowest BCUT2D eigenvalue weighted by Gasteiger charge is -2.20. The molecule has 1 saturated heterocycles. The highest BCUT2D eigenvalue weighted by atomic mass is 32.2. The van der Waals surface area contributed by atoms with Gasteiger partial charge in [-0.2, -0.15) is 5.10 Å². The summed E-state index contributed by atoms with van der Waals surface area (Å²) in [5.74, 6) is 0.783. The molecule has 2 rings (SSSR count). The van der Waals surface area contributed by atoms with E-state index in [1.807, 2.05) is 6.92 Å². The van der Waals surface area contributed by atoms with Crippen molar-refractivity contribution in [2.24, 2.45) is 0 Å². The topological polar surface area (TPSA) is 84.3 Å². The van der Waals surface area contributed by atoms with Crippen LogP contribution in [0, 0.1) is 6.92 Å². The molecule has 1 aliphatic heterocycles. The molecule has 136 valence electrons. The van der Waals surface area contributed by atoms with Crippen LogP contribution in [0.5, 0.6) is 0 Å². The van der Waals surface area contributed by atoms with Crippen molar-refractivity contribution >= 4 is 21.6 Å². The van der Waals surface area contributed by atoms with Gasteiger partial charge in [-0.05, 0) is 39.3 Å². The molecule has 0 saturated carbocycles. The standard InChI is InChI=1S/C16H28N4O3S/c1-4-7-19(8-5-2)11-16(21)17-15-10-13(3)18-20(15)14-6-9-24(22,23)12-14/h10,14H,4-9,11-12H2,1-3H3,(H,17,21). The third-order valence-corrected chi connectivity index (χ3v) is 5.88. The van der Waals surface area contributed by atoms with Gasteiger partial charge in [-0.1, -0.05) is 13.8 Å². The van der Waals surface area contributed by atoms with E-state index >= 15 is 0 Å². The van der Waals surface area contributed by atoms with Gasteiger partial charge in [0.1, 0.15) is 5.82 Å². The molecule has 0 aromatic carbocycles. The van der Waals surface area contributed by atoms with E-state index in [0.29, 0.717) is 18.8 Å². The van der Waals surface area contributed by atoms with Gasteiger partial charge in [-0.15, -0.1) is 0 Å². The largest absolute Gasteiger partial charge is 0.310 e. The molecule has 0 radical (unpaired) electrons. The highest BCUT2D eigenvalue weighted by Gasteiger charge is 2.31. The van der Waals surface area contributed by atoms with E-state index < -0.39 is 9.84 Å². The molecule has 1 amide bonds. The van der Waals surface area contributed by atoms with Crippen molar-refractivity contribution in [1.82, 2.24) is 14.7 Å². The monoisotopic (exact) mass is 356 g/mol. The van der Waals surface area contributed by atoms with Gasteiger partial charge in [0.2, 0.25) is 5.91 Å². The second kappa shape index (κ2) is 8.11. The van der Waals surface area contributed by atoms with E-state index in [9.17, 15) is 13.2 Å². The molecule has 0 spiro atoms. The minimum atomic E-state index is -3.00. The molecule has 1 N–H and O–H groups in total. The Morgan fingerprint density at radius 3 is 2.58 bits per heavy atom. The Morgan fingerprint density at radius 1 is 1.38 bits per heavy atom. The van der Waals surface area contributed by atoms with Gasteiger partial charge in [0.05, 0.1) is 29.8 Å². The number of rotatable bonds is 8. The summed E-state index contributed by atoms with van der Waals surface area (Å²) in [4.78, 5) is 14.5. The van der Waals surface area contributed by atoms with Crippen molar-refractivity contribution < 1.29 is 13.2 Å². The van der Waals surface area contributed by atoms with Crippen LogP contribution in [0.1, 0.15) is 44.8 Å². The Bertz CT molecular complexity index is 663. The molecular formula is C16H28N4O3S.